The van der Waals surface area contributed by atoms with E-state index in [9.17, 15) is 35.9 Å². The summed E-state index contributed by atoms with van der Waals surface area (Å²) in [6, 6.07) is 4.05. The van der Waals surface area contributed by atoms with Crippen molar-refractivity contribution in [1.82, 2.24) is 19.9 Å². The molecular weight excluding hydrogens is 554 g/mol. The number of anilines is 2. The van der Waals surface area contributed by atoms with Gasteiger partial charge in [0.25, 0.3) is 5.91 Å². The lowest BCUT2D eigenvalue weighted by atomic mass is 10.2. The molecule has 1 atom stereocenters. The second-order valence-electron chi connectivity index (χ2n) is 8.26. The first-order valence-corrected chi connectivity index (χ1v) is 11.6. The van der Waals surface area contributed by atoms with Gasteiger partial charge in [0.1, 0.15) is 5.75 Å². The Morgan fingerprint density at radius 2 is 1.82 bits per heavy atom. The molecule has 0 radical (unpaired) electrons. The van der Waals surface area contributed by atoms with Gasteiger partial charge in [-0.1, -0.05) is 12.1 Å². The van der Waals surface area contributed by atoms with E-state index in [1.54, 1.807) is 6.92 Å². The normalized spacial score (nSPS) is 15.6. The Bertz CT molecular complexity index is 1360. The Morgan fingerprint density at radius 3 is 2.48 bits per heavy atom. The lowest BCUT2D eigenvalue weighted by Gasteiger charge is -2.16. The van der Waals surface area contributed by atoms with Crippen molar-refractivity contribution in [3.63, 3.8) is 0 Å². The van der Waals surface area contributed by atoms with Crippen LogP contribution in [0.25, 0.3) is 11.5 Å². The van der Waals surface area contributed by atoms with Crippen molar-refractivity contribution in [2.75, 3.05) is 30.3 Å². The van der Waals surface area contributed by atoms with Gasteiger partial charge in [0, 0.05) is 19.1 Å². The molecule has 2 amide bonds. The Balaban J connectivity index is 1.49. The van der Waals surface area contributed by atoms with Crippen LogP contribution >= 0.6 is 0 Å². The van der Waals surface area contributed by atoms with E-state index in [2.05, 4.69) is 30.3 Å². The molecule has 1 aliphatic heterocycles. The first-order chi connectivity index (χ1) is 18.8. The zero-order valence-corrected chi connectivity index (χ0v) is 20.5. The number of oxazole rings is 1. The molecule has 0 bridgehead atoms. The number of carbonyl (C=O) groups excluding carboxylic acids is 2. The van der Waals surface area contributed by atoms with Gasteiger partial charge in [-0.2, -0.15) is 13.2 Å². The van der Waals surface area contributed by atoms with Gasteiger partial charge in [-0.05, 0) is 25.5 Å². The number of hydrogen-bond acceptors (Lipinski definition) is 9. The summed E-state index contributed by atoms with van der Waals surface area (Å²) >= 11 is 0. The van der Waals surface area contributed by atoms with Crippen molar-refractivity contribution in [2.24, 2.45) is 0 Å². The van der Waals surface area contributed by atoms with Crippen molar-refractivity contribution in [2.45, 2.75) is 31.9 Å². The van der Waals surface area contributed by atoms with E-state index in [1.165, 1.54) is 11.0 Å². The quantitative estimate of drug-likeness (QED) is 0.377. The minimum atomic E-state index is -5.21. The predicted molar refractivity (Wildman–Crippen MR) is 124 cm³/mol. The Morgan fingerprint density at radius 1 is 1.12 bits per heavy atom. The molecular formula is C23H20F6N6O5. The topological polar surface area (TPSA) is 132 Å². The molecule has 2 aromatic heterocycles. The maximum absolute atomic E-state index is 13.6. The van der Waals surface area contributed by atoms with E-state index in [1.807, 2.05) is 0 Å². The largest absolute Gasteiger partial charge is 0.573 e. The first-order valence-electron chi connectivity index (χ1n) is 11.6. The van der Waals surface area contributed by atoms with Crippen LogP contribution in [0.5, 0.6) is 5.75 Å². The number of alkyl halides is 6. The summed E-state index contributed by atoms with van der Waals surface area (Å²) < 4.78 is 92.6. The van der Waals surface area contributed by atoms with Crippen LogP contribution in [0.1, 0.15) is 29.6 Å². The smallest absolute Gasteiger partial charge is 0.450 e. The zero-order valence-electron chi connectivity index (χ0n) is 20.5. The van der Waals surface area contributed by atoms with E-state index < -0.39 is 53.2 Å². The molecule has 4 rings (SSSR count). The van der Waals surface area contributed by atoms with Crippen LogP contribution in [0.3, 0.4) is 0 Å². The van der Waals surface area contributed by atoms with Crippen molar-refractivity contribution in [1.29, 1.82) is 0 Å². The molecule has 214 valence electrons. The number of halogens is 6. The van der Waals surface area contributed by atoms with Crippen LogP contribution in [0, 0.1) is 0 Å². The van der Waals surface area contributed by atoms with Crippen LogP contribution < -0.4 is 15.4 Å². The van der Waals surface area contributed by atoms with E-state index in [-0.39, 0.29) is 24.3 Å². The highest BCUT2D eigenvalue weighted by molar-refractivity contribution is 6.03. The summed E-state index contributed by atoms with van der Waals surface area (Å²) in [6.07, 6.45) is -7.98. The number of nitrogens with zero attached hydrogens (tertiary/aromatic N) is 4. The number of nitrogens with one attached hydrogen (secondary N) is 2. The zero-order chi connectivity index (χ0) is 29.1. The lowest BCUT2D eigenvalue weighted by molar-refractivity contribution is -0.274. The third kappa shape index (κ3) is 6.89. The number of carbonyl (C=O) groups is 2. The molecule has 1 saturated heterocycles. The number of hydrogen-bond donors (Lipinski definition) is 2. The fourth-order valence-corrected chi connectivity index (χ4v) is 3.74. The predicted octanol–water partition coefficient (Wildman–Crippen LogP) is 4.94. The third-order valence-electron chi connectivity index (χ3n) is 5.40. The summed E-state index contributed by atoms with van der Waals surface area (Å²) in [5.41, 5.74) is -1.89. The summed E-state index contributed by atoms with van der Waals surface area (Å²) in [7, 11) is 0. The highest BCUT2D eigenvalue weighted by Crippen LogP contribution is 2.39. The molecule has 0 spiro atoms. The third-order valence-corrected chi connectivity index (χ3v) is 5.40. The molecule has 1 fully saturated rings. The molecule has 1 aliphatic rings. The molecule has 11 nitrogen and oxygen atoms in total. The number of benzene rings is 1. The van der Waals surface area contributed by atoms with Crippen LogP contribution in [0.4, 0.5) is 42.8 Å². The van der Waals surface area contributed by atoms with Gasteiger partial charge in [-0.3, -0.25) is 4.79 Å². The van der Waals surface area contributed by atoms with Gasteiger partial charge in [0.2, 0.25) is 17.6 Å². The fourth-order valence-electron chi connectivity index (χ4n) is 3.74. The fraction of sp³-hybridized carbons (Fsp3) is 0.348. The number of ether oxygens (including phenoxy) is 2. The van der Waals surface area contributed by atoms with Crippen LogP contribution in [-0.4, -0.2) is 64.0 Å². The minimum Gasteiger partial charge on any atom is -0.450 e. The Kier molecular flexibility index (Phi) is 8.01. The van der Waals surface area contributed by atoms with Gasteiger partial charge in [0.05, 0.1) is 30.3 Å². The molecule has 40 heavy (non-hydrogen) atoms. The average Bonchev–Trinajstić information content (AvgIpc) is 3.53. The molecule has 1 unspecified atom stereocenters. The highest BCUT2D eigenvalue weighted by Gasteiger charge is 2.42. The van der Waals surface area contributed by atoms with Crippen LogP contribution in [0.15, 0.2) is 41.1 Å². The molecule has 1 aromatic carbocycles. The number of rotatable bonds is 7. The van der Waals surface area contributed by atoms with E-state index in [0.717, 1.165) is 30.6 Å². The number of likely N-dealkylation sites (tertiary alicyclic amines) is 1. The second kappa shape index (κ2) is 11.3. The minimum absolute atomic E-state index is 0.103. The highest BCUT2D eigenvalue weighted by atomic mass is 19.4. The number of amides is 2. The monoisotopic (exact) mass is 574 g/mol. The molecule has 0 saturated carbocycles. The summed E-state index contributed by atoms with van der Waals surface area (Å²) in [5, 5.41) is 5.15. The van der Waals surface area contributed by atoms with E-state index in [4.69, 9.17) is 9.15 Å². The van der Waals surface area contributed by atoms with Gasteiger partial charge in [-0.25, -0.2) is 19.7 Å². The maximum atomic E-state index is 13.6. The molecule has 17 heteroatoms. The molecule has 2 N–H and O–H groups in total. The van der Waals surface area contributed by atoms with Crippen molar-refractivity contribution in [3.8, 4) is 17.2 Å². The maximum Gasteiger partial charge on any atom is 0.573 e. The summed E-state index contributed by atoms with van der Waals surface area (Å²) in [4.78, 5) is 37.5. The van der Waals surface area contributed by atoms with Crippen molar-refractivity contribution < 1.29 is 49.8 Å². The number of para-hydroxylation sites is 1. The SMILES string of the molecule is CCOC(=O)N1CCC(Nc2ncc(NC(=O)c3nc(-c4ccccc4OC(F)(F)F)oc3C(F)(F)F)cn2)C1. The van der Waals surface area contributed by atoms with E-state index >= 15 is 0 Å². The van der Waals surface area contributed by atoms with Crippen molar-refractivity contribution >= 4 is 23.6 Å². The average molecular weight is 574 g/mol. The van der Waals surface area contributed by atoms with Crippen molar-refractivity contribution in [3.05, 3.63) is 48.1 Å². The molecule has 3 heterocycles. The summed E-state index contributed by atoms with van der Waals surface area (Å²) in [5.74, 6) is -4.85. The first kappa shape index (κ1) is 28.4. The standard InChI is InChI=1S/C23H20F6N6O5/c1-2-38-21(37)35-8-7-12(11-35)33-20-30-9-13(10-31-20)32-18(36)16-17(22(24,25)26)39-19(34-16)14-5-3-4-6-15(14)40-23(27,28)29/h3-6,9-10,12H,2,7-8,11H2,1H3,(H,32,36)(H,30,31,33). The van der Waals surface area contributed by atoms with Gasteiger partial charge in [-0.15, -0.1) is 13.2 Å². The number of aromatic nitrogens is 3. The second-order valence-corrected chi connectivity index (χ2v) is 8.26. The van der Waals surface area contributed by atoms with Gasteiger partial charge in [0.15, 0.2) is 5.69 Å². The van der Waals surface area contributed by atoms with E-state index in [0.29, 0.717) is 19.5 Å². The Labute approximate surface area is 221 Å². The van der Waals surface area contributed by atoms with Gasteiger partial charge < -0.3 is 29.4 Å². The Hall–Kier alpha value is -4.57. The van der Waals surface area contributed by atoms with Crippen LogP contribution in [0.2, 0.25) is 0 Å². The van der Waals surface area contributed by atoms with Gasteiger partial charge >= 0.3 is 18.6 Å². The summed E-state index contributed by atoms with van der Waals surface area (Å²) in [6.45, 7) is 2.73. The molecule has 0 aliphatic carbocycles. The molecule has 3 aromatic rings. The van der Waals surface area contributed by atoms with Crippen LogP contribution in [-0.2, 0) is 10.9 Å². The lowest BCUT2D eigenvalue weighted by Crippen LogP contribution is -2.32.